The first-order valence-electron chi connectivity index (χ1n) is 8.54. The number of hydrogen-bond acceptors (Lipinski definition) is 3. The molecule has 0 bridgehead atoms. The summed E-state index contributed by atoms with van der Waals surface area (Å²) in [5.41, 5.74) is 2.27. The van der Waals surface area contributed by atoms with Crippen LogP contribution in [0, 0.1) is 0 Å². The summed E-state index contributed by atoms with van der Waals surface area (Å²) >= 11 is 5.37. The van der Waals surface area contributed by atoms with Crippen molar-refractivity contribution in [2.45, 2.75) is 13.8 Å². The van der Waals surface area contributed by atoms with Gasteiger partial charge in [-0.25, -0.2) is 0 Å². The summed E-state index contributed by atoms with van der Waals surface area (Å²) < 4.78 is 5.37. The second kappa shape index (κ2) is 9.70. The molecular weight excluding hydrogens is 308 g/mol. The molecule has 1 aromatic rings. The topological polar surface area (TPSA) is 41.0 Å². The minimum atomic E-state index is 0.688. The summed E-state index contributed by atoms with van der Waals surface area (Å²) in [4.78, 5) is 3.90. The highest BCUT2D eigenvalue weighted by molar-refractivity contribution is 7.80. The van der Waals surface area contributed by atoms with Crippen molar-refractivity contribution < 1.29 is 9.64 Å². The van der Waals surface area contributed by atoms with E-state index in [1.807, 2.05) is 0 Å². The molecule has 0 saturated carbocycles. The van der Waals surface area contributed by atoms with E-state index in [0.717, 1.165) is 58.2 Å². The second-order valence-corrected chi connectivity index (χ2v) is 6.12. The van der Waals surface area contributed by atoms with E-state index >= 15 is 0 Å². The Morgan fingerprint density at radius 1 is 1.17 bits per heavy atom. The standard InChI is InChI=1S/C17H28N4OS/c1-3-21(4-2)16-7-5-15(6-8-16)19-17(23)18-9-10-20-11-13-22-14-12-20/h5-8H,3-4,9-14H2,1-2H3,(H2,18,19,23)/p+1. The third-order valence-corrected chi connectivity index (χ3v) is 4.46. The van der Waals surface area contributed by atoms with Crippen LogP contribution in [-0.2, 0) is 4.74 Å². The molecule has 5 nitrogen and oxygen atoms in total. The number of hydrogen-bond donors (Lipinski definition) is 3. The lowest BCUT2D eigenvalue weighted by atomic mass is 10.2. The summed E-state index contributed by atoms with van der Waals surface area (Å²) in [6.45, 7) is 12.3. The van der Waals surface area contributed by atoms with Crippen LogP contribution in [0.3, 0.4) is 0 Å². The fourth-order valence-corrected chi connectivity index (χ4v) is 3.00. The van der Waals surface area contributed by atoms with Gasteiger partial charge in [0.1, 0.15) is 13.1 Å². The number of nitrogens with one attached hydrogen (secondary N) is 3. The number of thiocarbonyl (C=S) groups is 1. The minimum absolute atomic E-state index is 0.688. The Bertz CT molecular complexity index is 470. The molecule has 6 heteroatoms. The predicted molar refractivity (Wildman–Crippen MR) is 101 cm³/mol. The molecule has 128 valence electrons. The average molecular weight is 338 g/mol. The quantitative estimate of drug-likeness (QED) is 0.640. The van der Waals surface area contributed by atoms with Crippen molar-refractivity contribution in [3.63, 3.8) is 0 Å². The average Bonchev–Trinajstić information content (AvgIpc) is 2.58. The first-order valence-corrected chi connectivity index (χ1v) is 8.95. The zero-order valence-corrected chi connectivity index (χ0v) is 15.0. The Labute approximate surface area is 145 Å². The number of ether oxygens (including phenoxy) is 1. The Morgan fingerprint density at radius 2 is 1.83 bits per heavy atom. The van der Waals surface area contributed by atoms with E-state index in [4.69, 9.17) is 17.0 Å². The maximum atomic E-state index is 5.37. The van der Waals surface area contributed by atoms with E-state index in [2.05, 4.69) is 53.6 Å². The van der Waals surface area contributed by atoms with Crippen molar-refractivity contribution in [3.05, 3.63) is 24.3 Å². The van der Waals surface area contributed by atoms with Gasteiger partial charge in [0.05, 0.1) is 26.3 Å². The normalized spacial score (nSPS) is 15.2. The lowest BCUT2D eigenvalue weighted by Crippen LogP contribution is -3.14. The van der Waals surface area contributed by atoms with Crippen LogP contribution in [0.5, 0.6) is 0 Å². The van der Waals surface area contributed by atoms with Crippen molar-refractivity contribution in [3.8, 4) is 0 Å². The highest BCUT2D eigenvalue weighted by Gasteiger charge is 2.12. The van der Waals surface area contributed by atoms with Crippen molar-refractivity contribution in [1.29, 1.82) is 0 Å². The van der Waals surface area contributed by atoms with Gasteiger partial charge in [-0.15, -0.1) is 0 Å². The lowest BCUT2D eigenvalue weighted by Gasteiger charge is -2.24. The van der Waals surface area contributed by atoms with Crippen molar-refractivity contribution in [2.75, 3.05) is 62.7 Å². The Balaban J connectivity index is 1.72. The molecule has 1 fully saturated rings. The molecule has 0 unspecified atom stereocenters. The van der Waals surface area contributed by atoms with Crippen LogP contribution >= 0.6 is 12.2 Å². The smallest absolute Gasteiger partial charge is 0.170 e. The van der Waals surface area contributed by atoms with E-state index in [1.54, 1.807) is 4.90 Å². The highest BCUT2D eigenvalue weighted by atomic mass is 32.1. The first-order chi connectivity index (χ1) is 11.2. The third-order valence-electron chi connectivity index (χ3n) is 4.22. The van der Waals surface area contributed by atoms with Gasteiger partial charge >= 0.3 is 0 Å². The minimum Gasteiger partial charge on any atom is -0.372 e. The molecule has 23 heavy (non-hydrogen) atoms. The molecule has 1 aliphatic heterocycles. The number of benzene rings is 1. The monoisotopic (exact) mass is 337 g/mol. The Kier molecular flexibility index (Phi) is 7.58. The van der Waals surface area contributed by atoms with Crippen LogP contribution < -0.4 is 20.4 Å². The van der Waals surface area contributed by atoms with Gasteiger partial charge in [0.25, 0.3) is 0 Å². The fourth-order valence-electron chi connectivity index (χ4n) is 2.78. The number of rotatable bonds is 7. The van der Waals surface area contributed by atoms with Crippen LogP contribution in [0.2, 0.25) is 0 Å². The molecular formula is C17H29N4OS+. The lowest BCUT2D eigenvalue weighted by molar-refractivity contribution is -0.906. The number of morpholine rings is 1. The number of nitrogens with zero attached hydrogens (tertiary/aromatic N) is 1. The molecule has 0 atom stereocenters. The maximum absolute atomic E-state index is 5.37. The molecule has 0 amide bonds. The SMILES string of the molecule is CCN(CC)c1ccc(NC(=S)NCC[NH+]2CCOCC2)cc1. The van der Waals surface area contributed by atoms with Gasteiger partial charge in [-0.2, -0.15) is 0 Å². The van der Waals surface area contributed by atoms with Gasteiger partial charge in [0, 0.05) is 24.5 Å². The van der Waals surface area contributed by atoms with Gasteiger partial charge in [-0.1, -0.05) is 0 Å². The van der Waals surface area contributed by atoms with Gasteiger partial charge in [-0.05, 0) is 50.3 Å². The van der Waals surface area contributed by atoms with E-state index in [9.17, 15) is 0 Å². The van der Waals surface area contributed by atoms with Gasteiger partial charge < -0.3 is 25.2 Å². The highest BCUT2D eigenvalue weighted by Crippen LogP contribution is 2.17. The van der Waals surface area contributed by atoms with E-state index in [-0.39, 0.29) is 0 Å². The van der Waals surface area contributed by atoms with E-state index in [0.29, 0.717) is 5.11 Å². The molecule has 0 aromatic heterocycles. The third kappa shape index (κ3) is 5.97. The Hall–Kier alpha value is -1.37. The van der Waals surface area contributed by atoms with Crippen LogP contribution in [0.1, 0.15) is 13.8 Å². The molecule has 3 N–H and O–H groups in total. The van der Waals surface area contributed by atoms with Crippen LogP contribution in [0.4, 0.5) is 11.4 Å². The van der Waals surface area contributed by atoms with Crippen LogP contribution in [0.25, 0.3) is 0 Å². The van der Waals surface area contributed by atoms with Gasteiger partial charge in [0.15, 0.2) is 5.11 Å². The van der Waals surface area contributed by atoms with Crippen LogP contribution in [-0.4, -0.2) is 57.6 Å². The van der Waals surface area contributed by atoms with Crippen molar-refractivity contribution in [1.82, 2.24) is 5.32 Å². The summed E-state index contributed by atoms with van der Waals surface area (Å²) in [6, 6.07) is 8.43. The molecule has 0 aliphatic carbocycles. The summed E-state index contributed by atoms with van der Waals surface area (Å²) in [7, 11) is 0. The largest absolute Gasteiger partial charge is 0.372 e. The molecule has 0 radical (unpaired) electrons. The summed E-state index contributed by atoms with van der Waals surface area (Å²) in [6.07, 6.45) is 0. The number of quaternary nitrogens is 1. The zero-order valence-electron chi connectivity index (χ0n) is 14.2. The van der Waals surface area contributed by atoms with Crippen molar-refractivity contribution >= 4 is 28.7 Å². The second-order valence-electron chi connectivity index (χ2n) is 5.71. The fraction of sp³-hybridized carbons (Fsp3) is 0.588. The molecule has 1 aromatic carbocycles. The summed E-state index contributed by atoms with van der Waals surface area (Å²) in [5, 5.41) is 7.22. The van der Waals surface area contributed by atoms with E-state index < -0.39 is 0 Å². The molecule has 0 spiro atoms. The first kappa shape index (κ1) is 18.0. The van der Waals surface area contributed by atoms with Crippen LogP contribution in [0.15, 0.2) is 24.3 Å². The Morgan fingerprint density at radius 3 is 2.43 bits per heavy atom. The van der Waals surface area contributed by atoms with E-state index in [1.165, 1.54) is 5.69 Å². The van der Waals surface area contributed by atoms with Gasteiger partial charge in [-0.3, -0.25) is 0 Å². The maximum Gasteiger partial charge on any atom is 0.170 e. The van der Waals surface area contributed by atoms with Gasteiger partial charge in [0.2, 0.25) is 0 Å². The molecule has 1 aliphatic rings. The van der Waals surface area contributed by atoms with Crippen molar-refractivity contribution in [2.24, 2.45) is 0 Å². The number of anilines is 2. The predicted octanol–water partition coefficient (Wildman–Crippen LogP) is 0.734. The zero-order chi connectivity index (χ0) is 16.5. The molecule has 1 saturated heterocycles. The summed E-state index contributed by atoms with van der Waals surface area (Å²) in [5.74, 6) is 0. The molecule has 1 heterocycles. The molecule has 2 rings (SSSR count).